The Labute approximate surface area is 85.1 Å². The van der Waals surface area contributed by atoms with Crippen LogP contribution in [0.15, 0.2) is 24.3 Å². The van der Waals surface area contributed by atoms with Crippen LogP contribution in [0.1, 0.15) is 31.2 Å². The van der Waals surface area contributed by atoms with E-state index in [0.717, 1.165) is 11.3 Å². The van der Waals surface area contributed by atoms with Crippen LogP contribution >= 0.6 is 0 Å². The Balaban J connectivity index is 1.95. The molecule has 0 unspecified atom stereocenters. The number of hydrogen-bond acceptors (Lipinski definition) is 2. The zero-order valence-corrected chi connectivity index (χ0v) is 8.41. The van der Waals surface area contributed by atoms with Crippen LogP contribution in [-0.2, 0) is 6.54 Å². The van der Waals surface area contributed by atoms with Crippen molar-refractivity contribution in [2.24, 2.45) is 5.73 Å². The predicted octanol–water partition coefficient (Wildman–Crippen LogP) is 2.47. The Morgan fingerprint density at radius 3 is 2.36 bits per heavy atom. The fourth-order valence-electron chi connectivity index (χ4n) is 1.90. The van der Waals surface area contributed by atoms with Crippen LogP contribution in [0.4, 0.5) is 0 Å². The molecular weight excluding hydrogens is 174 g/mol. The quantitative estimate of drug-likeness (QED) is 0.796. The standard InChI is InChI=1S/C12H17NO/c13-9-10-5-7-12(8-6-10)14-11-3-1-2-4-11/h5-8,11H,1-4,9,13H2. The summed E-state index contributed by atoms with van der Waals surface area (Å²) in [4.78, 5) is 0. The number of hydrogen-bond donors (Lipinski definition) is 1. The van der Waals surface area contributed by atoms with E-state index in [9.17, 15) is 0 Å². The van der Waals surface area contributed by atoms with Crippen LogP contribution in [-0.4, -0.2) is 6.10 Å². The van der Waals surface area contributed by atoms with Gasteiger partial charge in [0.25, 0.3) is 0 Å². The molecule has 0 saturated heterocycles. The number of nitrogens with two attached hydrogens (primary N) is 1. The summed E-state index contributed by atoms with van der Waals surface area (Å²) >= 11 is 0. The lowest BCUT2D eigenvalue weighted by Gasteiger charge is -2.12. The van der Waals surface area contributed by atoms with Gasteiger partial charge in [0.05, 0.1) is 6.10 Å². The maximum absolute atomic E-state index is 5.83. The molecular formula is C12H17NO. The van der Waals surface area contributed by atoms with Crippen molar-refractivity contribution in [2.45, 2.75) is 38.3 Å². The number of rotatable bonds is 3. The van der Waals surface area contributed by atoms with Crippen LogP contribution in [0.3, 0.4) is 0 Å². The zero-order chi connectivity index (χ0) is 9.80. The van der Waals surface area contributed by atoms with Gasteiger partial charge in [-0.05, 0) is 43.4 Å². The van der Waals surface area contributed by atoms with Crippen molar-refractivity contribution in [3.05, 3.63) is 29.8 Å². The van der Waals surface area contributed by atoms with Gasteiger partial charge in [0.1, 0.15) is 5.75 Å². The van der Waals surface area contributed by atoms with Crippen LogP contribution < -0.4 is 10.5 Å². The third-order valence-electron chi connectivity index (χ3n) is 2.76. The van der Waals surface area contributed by atoms with Crippen LogP contribution in [0, 0.1) is 0 Å². The maximum Gasteiger partial charge on any atom is 0.119 e. The Morgan fingerprint density at radius 2 is 1.79 bits per heavy atom. The average Bonchev–Trinajstić information content (AvgIpc) is 2.72. The summed E-state index contributed by atoms with van der Waals surface area (Å²) in [6.45, 7) is 0.601. The molecule has 2 nitrogen and oxygen atoms in total. The van der Waals surface area contributed by atoms with Gasteiger partial charge in [-0.1, -0.05) is 12.1 Å². The summed E-state index contributed by atoms with van der Waals surface area (Å²) in [5.41, 5.74) is 6.68. The second-order valence-electron chi connectivity index (χ2n) is 3.87. The van der Waals surface area contributed by atoms with E-state index in [0.29, 0.717) is 12.6 Å². The first-order valence-corrected chi connectivity index (χ1v) is 5.34. The summed E-state index contributed by atoms with van der Waals surface area (Å²) in [6, 6.07) is 8.09. The minimum Gasteiger partial charge on any atom is -0.490 e. The summed E-state index contributed by atoms with van der Waals surface area (Å²) in [5.74, 6) is 0.981. The molecule has 1 fully saturated rings. The molecule has 2 rings (SSSR count). The van der Waals surface area contributed by atoms with Crippen molar-refractivity contribution in [2.75, 3.05) is 0 Å². The lowest BCUT2D eigenvalue weighted by molar-refractivity contribution is 0.210. The Bertz CT molecular complexity index is 275. The number of benzene rings is 1. The van der Waals surface area contributed by atoms with Gasteiger partial charge in [-0.15, -0.1) is 0 Å². The molecule has 0 atom stereocenters. The molecule has 76 valence electrons. The first kappa shape index (κ1) is 9.53. The highest BCUT2D eigenvalue weighted by molar-refractivity contribution is 5.27. The molecule has 0 amide bonds. The van der Waals surface area contributed by atoms with Crippen molar-refractivity contribution < 1.29 is 4.74 Å². The van der Waals surface area contributed by atoms with Crippen molar-refractivity contribution in [3.63, 3.8) is 0 Å². The molecule has 0 bridgehead atoms. The van der Waals surface area contributed by atoms with E-state index in [1.165, 1.54) is 25.7 Å². The minimum absolute atomic E-state index is 0.443. The van der Waals surface area contributed by atoms with Gasteiger partial charge in [0, 0.05) is 6.54 Å². The highest BCUT2D eigenvalue weighted by Crippen LogP contribution is 2.24. The molecule has 2 N–H and O–H groups in total. The summed E-state index contributed by atoms with van der Waals surface area (Å²) < 4.78 is 5.83. The molecule has 2 heteroatoms. The third-order valence-corrected chi connectivity index (χ3v) is 2.76. The van der Waals surface area contributed by atoms with Crippen LogP contribution in [0.2, 0.25) is 0 Å². The third kappa shape index (κ3) is 2.26. The number of ether oxygens (including phenoxy) is 1. The molecule has 0 radical (unpaired) electrons. The van der Waals surface area contributed by atoms with Crippen molar-refractivity contribution in [3.8, 4) is 5.75 Å². The normalized spacial score (nSPS) is 17.2. The van der Waals surface area contributed by atoms with Crippen molar-refractivity contribution in [1.29, 1.82) is 0 Å². The second kappa shape index (κ2) is 4.47. The van der Waals surface area contributed by atoms with E-state index in [4.69, 9.17) is 10.5 Å². The first-order valence-electron chi connectivity index (χ1n) is 5.34. The highest BCUT2D eigenvalue weighted by atomic mass is 16.5. The fraction of sp³-hybridized carbons (Fsp3) is 0.500. The first-order chi connectivity index (χ1) is 6.88. The predicted molar refractivity (Wildman–Crippen MR) is 57.2 cm³/mol. The Kier molecular flexibility index (Phi) is 3.04. The molecule has 1 aliphatic rings. The van der Waals surface area contributed by atoms with Crippen LogP contribution in [0.5, 0.6) is 5.75 Å². The minimum atomic E-state index is 0.443. The smallest absolute Gasteiger partial charge is 0.119 e. The SMILES string of the molecule is NCc1ccc(OC2CCCC2)cc1. The Morgan fingerprint density at radius 1 is 1.14 bits per heavy atom. The van der Waals surface area contributed by atoms with E-state index >= 15 is 0 Å². The van der Waals surface area contributed by atoms with Gasteiger partial charge in [-0.2, -0.15) is 0 Å². The van der Waals surface area contributed by atoms with Gasteiger partial charge in [-0.25, -0.2) is 0 Å². The summed E-state index contributed by atoms with van der Waals surface area (Å²) in [6.07, 6.45) is 5.48. The van der Waals surface area contributed by atoms with Crippen LogP contribution in [0.25, 0.3) is 0 Å². The van der Waals surface area contributed by atoms with Gasteiger partial charge < -0.3 is 10.5 Å². The van der Waals surface area contributed by atoms with Gasteiger partial charge in [-0.3, -0.25) is 0 Å². The molecule has 1 aliphatic carbocycles. The summed E-state index contributed by atoms with van der Waals surface area (Å²) in [5, 5.41) is 0. The van der Waals surface area contributed by atoms with Crippen molar-refractivity contribution >= 4 is 0 Å². The Hall–Kier alpha value is -1.02. The van der Waals surface area contributed by atoms with E-state index in [1.54, 1.807) is 0 Å². The van der Waals surface area contributed by atoms with Gasteiger partial charge in [0.15, 0.2) is 0 Å². The summed E-state index contributed by atoms with van der Waals surface area (Å²) in [7, 11) is 0. The van der Waals surface area contributed by atoms with E-state index in [1.807, 2.05) is 24.3 Å². The zero-order valence-electron chi connectivity index (χ0n) is 8.41. The molecule has 0 spiro atoms. The topological polar surface area (TPSA) is 35.2 Å². The fourth-order valence-corrected chi connectivity index (χ4v) is 1.90. The average molecular weight is 191 g/mol. The molecule has 1 aromatic carbocycles. The van der Waals surface area contributed by atoms with Gasteiger partial charge >= 0.3 is 0 Å². The molecule has 0 aliphatic heterocycles. The lowest BCUT2D eigenvalue weighted by atomic mass is 10.2. The van der Waals surface area contributed by atoms with Crippen molar-refractivity contribution in [1.82, 2.24) is 0 Å². The monoisotopic (exact) mass is 191 g/mol. The molecule has 0 aromatic heterocycles. The second-order valence-corrected chi connectivity index (χ2v) is 3.87. The maximum atomic E-state index is 5.83. The molecule has 0 heterocycles. The van der Waals surface area contributed by atoms with Gasteiger partial charge in [0.2, 0.25) is 0 Å². The van der Waals surface area contributed by atoms with E-state index in [2.05, 4.69) is 0 Å². The molecule has 1 aromatic rings. The molecule has 1 saturated carbocycles. The highest BCUT2D eigenvalue weighted by Gasteiger charge is 2.15. The molecule has 14 heavy (non-hydrogen) atoms. The largest absolute Gasteiger partial charge is 0.490 e. The van der Waals surface area contributed by atoms with E-state index in [-0.39, 0.29) is 0 Å². The van der Waals surface area contributed by atoms with E-state index < -0.39 is 0 Å². The lowest BCUT2D eigenvalue weighted by Crippen LogP contribution is -2.10.